The van der Waals surface area contributed by atoms with E-state index in [0.717, 1.165) is 4.31 Å². The van der Waals surface area contributed by atoms with Crippen molar-refractivity contribution in [2.24, 2.45) is 5.73 Å². The third-order valence-electron chi connectivity index (χ3n) is 2.16. The summed E-state index contributed by atoms with van der Waals surface area (Å²) in [6.45, 7) is -0.457. The maximum atomic E-state index is 12.1. The lowest BCUT2D eigenvalue weighted by molar-refractivity contribution is -0.118. The third kappa shape index (κ3) is 2.86. The highest BCUT2D eigenvalue weighted by Gasteiger charge is 2.26. The molecule has 0 unspecified atom stereocenters. The van der Waals surface area contributed by atoms with Crippen LogP contribution < -0.4 is 11.5 Å². The standard InChI is InChI=1S/C9H11Cl2N3O3S/c1-14(4-7(12)15)18(16,17)6-3-2-5(10)9(13)8(6)11/h2-3H,4,13H2,1H3,(H2,12,15). The Hall–Kier alpha value is -1.02. The minimum Gasteiger partial charge on any atom is -0.396 e. The second-order valence-electron chi connectivity index (χ2n) is 3.50. The molecule has 6 nitrogen and oxygen atoms in total. The largest absolute Gasteiger partial charge is 0.396 e. The van der Waals surface area contributed by atoms with Crippen LogP contribution in [0.4, 0.5) is 5.69 Å². The van der Waals surface area contributed by atoms with Gasteiger partial charge in [-0.3, -0.25) is 4.79 Å². The third-order valence-corrected chi connectivity index (χ3v) is 4.85. The molecule has 1 rings (SSSR count). The van der Waals surface area contributed by atoms with Gasteiger partial charge in [-0.1, -0.05) is 23.2 Å². The van der Waals surface area contributed by atoms with Crippen molar-refractivity contribution < 1.29 is 13.2 Å². The second-order valence-corrected chi connectivity index (χ2v) is 6.30. The van der Waals surface area contributed by atoms with Gasteiger partial charge in [-0.25, -0.2) is 8.42 Å². The second kappa shape index (κ2) is 5.31. The van der Waals surface area contributed by atoms with Crippen LogP contribution in [0.25, 0.3) is 0 Å². The van der Waals surface area contributed by atoms with Crippen molar-refractivity contribution in [1.82, 2.24) is 4.31 Å². The molecule has 0 fully saturated rings. The van der Waals surface area contributed by atoms with Gasteiger partial charge < -0.3 is 11.5 Å². The summed E-state index contributed by atoms with van der Waals surface area (Å²) in [5.74, 6) is -0.779. The maximum absolute atomic E-state index is 12.1. The molecular weight excluding hydrogens is 301 g/mol. The smallest absolute Gasteiger partial charge is 0.244 e. The molecule has 0 heterocycles. The van der Waals surface area contributed by atoms with E-state index < -0.39 is 22.5 Å². The van der Waals surface area contributed by atoms with Crippen molar-refractivity contribution in [3.8, 4) is 0 Å². The van der Waals surface area contributed by atoms with E-state index in [1.165, 1.54) is 19.2 Å². The Morgan fingerprint density at radius 2 is 1.94 bits per heavy atom. The lowest BCUT2D eigenvalue weighted by atomic mass is 10.3. The zero-order valence-corrected chi connectivity index (χ0v) is 11.7. The van der Waals surface area contributed by atoms with Gasteiger partial charge in [-0.15, -0.1) is 0 Å². The number of likely N-dealkylation sites (N-methyl/N-ethyl adjacent to an activating group) is 1. The summed E-state index contributed by atoms with van der Waals surface area (Å²) < 4.78 is 25.0. The topological polar surface area (TPSA) is 106 Å². The van der Waals surface area contributed by atoms with Gasteiger partial charge in [0.2, 0.25) is 15.9 Å². The Morgan fingerprint density at radius 1 is 1.39 bits per heavy atom. The van der Waals surface area contributed by atoms with E-state index in [-0.39, 0.29) is 20.6 Å². The van der Waals surface area contributed by atoms with Gasteiger partial charge >= 0.3 is 0 Å². The molecule has 100 valence electrons. The number of sulfonamides is 1. The molecule has 0 bridgehead atoms. The fourth-order valence-corrected chi connectivity index (χ4v) is 3.09. The van der Waals surface area contributed by atoms with Gasteiger partial charge in [0.15, 0.2) is 0 Å². The normalized spacial score (nSPS) is 11.8. The monoisotopic (exact) mass is 311 g/mol. The first-order chi connectivity index (χ1) is 8.17. The summed E-state index contributed by atoms with van der Waals surface area (Å²) in [6.07, 6.45) is 0. The van der Waals surface area contributed by atoms with E-state index in [4.69, 9.17) is 34.7 Å². The predicted molar refractivity (Wildman–Crippen MR) is 69.9 cm³/mol. The van der Waals surface area contributed by atoms with Crippen LogP contribution in [0.2, 0.25) is 10.0 Å². The van der Waals surface area contributed by atoms with Crippen LogP contribution in [0.5, 0.6) is 0 Å². The fraction of sp³-hybridized carbons (Fsp3) is 0.222. The molecule has 0 aromatic heterocycles. The molecule has 1 aromatic carbocycles. The number of carbonyl (C=O) groups excluding carboxylic acids is 1. The Kier molecular flexibility index (Phi) is 4.44. The van der Waals surface area contributed by atoms with E-state index in [0.29, 0.717) is 0 Å². The van der Waals surface area contributed by atoms with Crippen LogP contribution in [0.3, 0.4) is 0 Å². The van der Waals surface area contributed by atoms with E-state index in [1.807, 2.05) is 0 Å². The van der Waals surface area contributed by atoms with Gasteiger partial charge in [-0.05, 0) is 12.1 Å². The minimum absolute atomic E-state index is 0.0353. The van der Waals surface area contributed by atoms with Crippen LogP contribution in [-0.2, 0) is 14.8 Å². The molecule has 4 N–H and O–H groups in total. The van der Waals surface area contributed by atoms with Crippen molar-refractivity contribution in [3.63, 3.8) is 0 Å². The number of rotatable bonds is 4. The summed E-state index contributed by atoms with van der Waals surface area (Å²) in [6, 6.07) is 2.53. The molecule has 0 spiro atoms. The highest BCUT2D eigenvalue weighted by Crippen LogP contribution is 2.34. The molecule has 0 aliphatic rings. The fourth-order valence-electron chi connectivity index (χ4n) is 1.22. The van der Waals surface area contributed by atoms with Gasteiger partial charge in [0.05, 0.1) is 22.3 Å². The number of primary amides is 1. The molecule has 0 saturated heterocycles. The number of nitrogens with zero attached hydrogens (tertiary/aromatic N) is 1. The Labute approximate surface area is 114 Å². The summed E-state index contributed by atoms with van der Waals surface area (Å²) in [7, 11) is -2.73. The van der Waals surface area contributed by atoms with Crippen molar-refractivity contribution in [3.05, 3.63) is 22.2 Å². The summed E-state index contributed by atoms with van der Waals surface area (Å²) in [5, 5.41) is -0.0321. The predicted octanol–water partition coefficient (Wildman–Crippen LogP) is 0.681. The highest BCUT2D eigenvalue weighted by atomic mass is 35.5. The highest BCUT2D eigenvalue weighted by molar-refractivity contribution is 7.89. The number of benzene rings is 1. The van der Waals surface area contributed by atoms with Crippen LogP contribution in [0, 0.1) is 0 Å². The van der Waals surface area contributed by atoms with Gasteiger partial charge in [0, 0.05) is 7.05 Å². The lowest BCUT2D eigenvalue weighted by Gasteiger charge is -2.17. The molecule has 9 heteroatoms. The van der Waals surface area contributed by atoms with E-state index in [2.05, 4.69) is 0 Å². The first-order valence-corrected chi connectivity index (χ1v) is 6.85. The molecule has 1 aromatic rings. The van der Waals surface area contributed by atoms with Crippen molar-refractivity contribution >= 4 is 44.8 Å². The molecule has 1 amide bonds. The number of nitrogens with two attached hydrogens (primary N) is 2. The first kappa shape index (κ1) is 15.0. The van der Waals surface area contributed by atoms with Crippen LogP contribution >= 0.6 is 23.2 Å². The average molecular weight is 312 g/mol. The quantitative estimate of drug-likeness (QED) is 0.797. The number of halogens is 2. The zero-order chi connectivity index (χ0) is 14.1. The molecule has 0 radical (unpaired) electrons. The Bertz CT molecular complexity index is 589. The summed E-state index contributed by atoms with van der Waals surface area (Å²) >= 11 is 11.5. The van der Waals surface area contributed by atoms with E-state index in [9.17, 15) is 13.2 Å². The van der Waals surface area contributed by atoms with Crippen LogP contribution in [0.15, 0.2) is 17.0 Å². The average Bonchev–Trinajstić information content (AvgIpc) is 2.24. The molecule has 0 aliphatic heterocycles. The van der Waals surface area contributed by atoms with E-state index >= 15 is 0 Å². The molecule has 0 saturated carbocycles. The number of nitrogen functional groups attached to an aromatic ring is 1. The molecule has 18 heavy (non-hydrogen) atoms. The molecule has 0 aliphatic carbocycles. The summed E-state index contributed by atoms with van der Waals surface area (Å²) in [5.41, 5.74) is 10.4. The number of amides is 1. The van der Waals surface area contributed by atoms with Gasteiger partial charge in [-0.2, -0.15) is 4.31 Å². The van der Waals surface area contributed by atoms with Gasteiger partial charge in [0.1, 0.15) is 4.90 Å². The number of carbonyl (C=O) groups is 1. The van der Waals surface area contributed by atoms with Crippen molar-refractivity contribution in [1.29, 1.82) is 0 Å². The van der Waals surface area contributed by atoms with E-state index in [1.54, 1.807) is 0 Å². The molecular formula is C9H11Cl2N3O3S. The first-order valence-electron chi connectivity index (χ1n) is 4.66. The Morgan fingerprint density at radius 3 is 2.44 bits per heavy atom. The lowest BCUT2D eigenvalue weighted by Crippen LogP contribution is -2.35. The number of anilines is 1. The van der Waals surface area contributed by atoms with Crippen molar-refractivity contribution in [2.45, 2.75) is 4.90 Å². The minimum atomic E-state index is -3.94. The number of hydrogen-bond donors (Lipinski definition) is 2. The maximum Gasteiger partial charge on any atom is 0.244 e. The van der Waals surface area contributed by atoms with Crippen LogP contribution in [0.1, 0.15) is 0 Å². The van der Waals surface area contributed by atoms with Crippen molar-refractivity contribution in [2.75, 3.05) is 19.3 Å². The zero-order valence-electron chi connectivity index (χ0n) is 9.35. The number of hydrogen-bond acceptors (Lipinski definition) is 4. The van der Waals surface area contributed by atoms with Gasteiger partial charge in [0.25, 0.3) is 0 Å². The summed E-state index contributed by atoms with van der Waals surface area (Å²) in [4.78, 5) is 10.5. The Balaban J connectivity index is 3.29. The SMILES string of the molecule is CN(CC(N)=O)S(=O)(=O)c1ccc(Cl)c(N)c1Cl. The molecule has 0 atom stereocenters. The van der Waals surface area contributed by atoms with Crippen LogP contribution in [-0.4, -0.2) is 32.2 Å².